The maximum Gasteiger partial charge on any atom is 0.227 e. The second kappa shape index (κ2) is 4.37. The molecule has 3 rings (SSSR count). The Hall–Kier alpha value is -1.30. The van der Waals surface area contributed by atoms with Crippen molar-refractivity contribution < 1.29 is 4.79 Å². The van der Waals surface area contributed by atoms with Gasteiger partial charge >= 0.3 is 0 Å². The molecule has 0 spiro atoms. The van der Waals surface area contributed by atoms with Crippen molar-refractivity contribution in [3.63, 3.8) is 0 Å². The van der Waals surface area contributed by atoms with Crippen LogP contribution in [0.25, 0.3) is 0 Å². The number of hydrogen-bond donors (Lipinski definition) is 0. The first-order valence-corrected chi connectivity index (χ1v) is 7.48. The number of carbonyl (C=O) groups excluding carboxylic acids is 1. The lowest BCUT2D eigenvalue weighted by Crippen LogP contribution is -2.45. The van der Waals surface area contributed by atoms with Crippen LogP contribution in [0, 0.1) is 28.6 Å². The quantitative estimate of drug-likeness (QED) is 0.731. The molecule has 3 fully saturated rings. The van der Waals surface area contributed by atoms with E-state index in [4.69, 9.17) is 0 Å². The molecule has 1 amide bonds. The molecule has 3 nitrogen and oxygen atoms in total. The van der Waals surface area contributed by atoms with Crippen LogP contribution >= 0.6 is 0 Å². The average Bonchev–Trinajstić information content (AvgIpc) is 2.91. The molecule has 2 saturated carbocycles. The van der Waals surface area contributed by atoms with Gasteiger partial charge in [-0.2, -0.15) is 5.26 Å². The number of fused-ring (bicyclic) bond motifs is 1. The van der Waals surface area contributed by atoms with Gasteiger partial charge in [-0.3, -0.25) is 4.79 Å². The molecule has 1 heterocycles. The number of nitrogens with zero attached hydrogens (tertiary/aromatic N) is 2. The molecule has 0 radical (unpaired) electrons. The minimum Gasteiger partial charge on any atom is -0.323 e. The highest BCUT2D eigenvalue weighted by Gasteiger charge is 2.56. The first-order chi connectivity index (χ1) is 9.13. The molecule has 19 heavy (non-hydrogen) atoms. The largest absolute Gasteiger partial charge is 0.323 e. The van der Waals surface area contributed by atoms with Gasteiger partial charge in [0.05, 0.1) is 6.07 Å². The first-order valence-electron chi connectivity index (χ1n) is 7.48. The van der Waals surface area contributed by atoms with Crippen molar-refractivity contribution in [2.45, 2.75) is 57.5 Å². The molecule has 2 aliphatic carbocycles. The van der Waals surface area contributed by atoms with Gasteiger partial charge in [0.2, 0.25) is 5.91 Å². The third-order valence-corrected chi connectivity index (χ3v) is 5.68. The number of hydrogen-bond acceptors (Lipinski definition) is 2. The Morgan fingerprint density at radius 1 is 1.47 bits per heavy atom. The van der Waals surface area contributed by atoms with Gasteiger partial charge in [-0.1, -0.05) is 25.8 Å². The van der Waals surface area contributed by atoms with Crippen LogP contribution in [0.5, 0.6) is 0 Å². The normalized spacial score (nSPS) is 36.4. The maximum absolute atomic E-state index is 12.8. The van der Waals surface area contributed by atoms with E-state index in [2.05, 4.69) is 12.6 Å². The smallest absolute Gasteiger partial charge is 0.227 e. The summed E-state index contributed by atoms with van der Waals surface area (Å²) in [7, 11) is 0. The number of piperidine rings is 1. The minimum absolute atomic E-state index is 0.0237. The molecule has 0 bridgehead atoms. The van der Waals surface area contributed by atoms with Crippen molar-refractivity contribution in [3.05, 3.63) is 12.7 Å². The summed E-state index contributed by atoms with van der Waals surface area (Å²) in [6, 6.07) is 2.50. The molecular formula is C16H22N2O. The highest BCUT2D eigenvalue weighted by atomic mass is 16.2. The molecule has 3 aliphatic rings. The second-order valence-corrected chi connectivity index (χ2v) is 6.56. The van der Waals surface area contributed by atoms with E-state index in [9.17, 15) is 10.1 Å². The first kappa shape index (κ1) is 12.7. The van der Waals surface area contributed by atoms with E-state index >= 15 is 0 Å². The monoisotopic (exact) mass is 258 g/mol. The molecule has 102 valence electrons. The number of rotatable bonds is 3. The molecule has 1 aliphatic heterocycles. The molecule has 0 aromatic heterocycles. The summed E-state index contributed by atoms with van der Waals surface area (Å²) >= 11 is 0. The Labute approximate surface area is 115 Å². The van der Waals surface area contributed by atoms with Crippen molar-refractivity contribution in [3.8, 4) is 6.07 Å². The van der Waals surface area contributed by atoms with Gasteiger partial charge in [-0.05, 0) is 37.0 Å². The summed E-state index contributed by atoms with van der Waals surface area (Å²) in [6.45, 7) is 6.02. The standard InChI is InChI=1S/C16H22N2O/c1-3-16(6-4-5-7-16)11(2)15(19)18-13(10-17)8-12-9-14(12)18/h3,11-14H,1,4-9H2,2H3. The molecule has 1 saturated heterocycles. The van der Waals surface area contributed by atoms with Crippen molar-refractivity contribution in [1.82, 2.24) is 4.90 Å². The molecule has 4 atom stereocenters. The van der Waals surface area contributed by atoms with Gasteiger partial charge in [0.1, 0.15) is 6.04 Å². The summed E-state index contributed by atoms with van der Waals surface area (Å²) < 4.78 is 0. The summed E-state index contributed by atoms with van der Waals surface area (Å²) in [5.41, 5.74) is -0.0237. The summed E-state index contributed by atoms with van der Waals surface area (Å²) in [5, 5.41) is 9.23. The Bertz CT molecular complexity index is 444. The van der Waals surface area contributed by atoms with Crippen molar-refractivity contribution in [2.24, 2.45) is 17.3 Å². The Morgan fingerprint density at radius 3 is 2.74 bits per heavy atom. The second-order valence-electron chi connectivity index (χ2n) is 6.56. The fourth-order valence-corrected chi connectivity index (χ4v) is 4.21. The number of amides is 1. The minimum atomic E-state index is -0.179. The van der Waals surface area contributed by atoms with Crippen molar-refractivity contribution in [1.29, 1.82) is 5.26 Å². The Balaban J connectivity index is 1.80. The maximum atomic E-state index is 12.8. The van der Waals surface area contributed by atoms with Crippen LogP contribution in [-0.4, -0.2) is 22.9 Å². The SMILES string of the molecule is C=CC1(C(C)C(=O)N2C(C#N)CC3CC32)CCCC1. The van der Waals surface area contributed by atoms with Gasteiger partial charge < -0.3 is 4.90 Å². The third kappa shape index (κ3) is 1.81. The average molecular weight is 258 g/mol. The lowest BCUT2D eigenvalue weighted by atomic mass is 9.74. The van der Waals surface area contributed by atoms with Gasteiger partial charge in [-0.15, -0.1) is 6.58 Å². The van der Waals surface area contributed by atoms with Crippen molar-refractivity contribution in [2.75, 3.05) is 0 Å². The predicted molar refractivity (Wildman–Crippen MR) is 73.0 cm³/mol. The van der Waals surface area contributed by atoms with Gasteiger partial charge in [0.15, 0.2) is 0 Å². The van der Waals surface area contributed by atoms with Gasteiger partial charge in [0.25, 0.3) is 0 Å². The third-order valence-electron chi connectivity index (χ3n) is 5.68. The predicted octanol–water partition coefficient (Wildman–Crippen LogP) is 2.88. The lowest BCUT2D eigenvalue weighted by molar-refractivity contribution is -0.139. The summed E-state index contributed by atoms with van der Waals surface area (Å²) in [4.78, 5) is 14.7. The van der Waals surface area contributed by atoms with Gasteiger partial charge in [0, 0.05) is 12.0 Å². The van der Waals surface area contributed by atoms with E-state index in [0.717, 1.165) is 25.7 Å². The van der Waals surface area contributed by atoms with Gasteiger partial charge in [-0.25, -0.2) is 0 Å². The molecular weight excluding hydrogens is 236 g/mol. The Kier molecular flexibility index (Phi) is 2.92. The lowest BCUT2D eigenvalue weighted by Gasteiger charge is -2.35. The zero-order valence-electron chi connectivity index (χ0n) is 11.6. The topological polar surface area (TPSA) is 44.1 Å². The van der Waals surface area contributed by atoms with E-state index in [-0.39, 0.29) is 23.3 Å². The fourth-order valence-electron chi connectivity index (χ4n) is 4.21. The number of likely N-dealkylation sites (tertiary alicyclic amines) is 1. The van der Waals surface area contributed by atoms with E-state index in [1.54, 1.807) is 0 Å². The molecule has 4 unspecified atom stereocenters. The van der Waals surface area contributed by atoms with Crippen LogP contribution in [0.2, 0.25) is 0 Å². The Morgan fingerprint density at radius 2 is 2.16 bits per heavy atom. The molecule has 0 aromatic rings. The van der Waals surface area contributed by atoms with Crippen LogP contribution in [-0.2, 0) is 4.79 Å². The number of nitriles is 1. The van der Waals surface area contributed by atoms with Crippen LogP contribution in [0.1, 0.15) is 45.4 Å². The summed E-state index contributed by atoms with van der Waals surface area (Å²) in [5.74, 6) is 0.769. The zero-order valence-corrected chi connectivity index (χ0v) is 11.6. The molecule has 3 heteroatoms. The fraction of sp³-hybridized carbons (Fsp3) is 0.750. The highest BCUT2D eigenvalue weighted by Crippen LogP contribution is 2.51. The van der Waals surface area contributed by atoms with Crippen LogP contribution in [0.4, 0.5) is 0 Å². The summed E-state index contributed by atoms with van der Waals surface area (Å²) in [6.07, 6.45) is 8.53. The van der Waals surface area contributed by atoms with Crippen molar-refractivity contribution >= 4 is 5.91 Å². The highest BCUT2D eigenvalue weighted by molar-refractivity contribution is 5.81. The van der Waals surface area contributed by atoms with Crippen LogP contribution < -0.4 is 0 Å². The number of allylic oxidation sites excluding steroid dienone is 1. The molecule has 0 N–H and O–H groups in total. The zero-order chi connectivity index (χ0) is 13.6. The van der Waals surface area contributed by atoms with E-state index in [1.807, 2.05) is 17.9 Å². The van der Waals surface area contributed by atoms with E-state index in [0.29, 0.717) is 12.0 Å². The van der Waals surface area contributed by atoms with Crippen LogP contribution in [0.15, 0.2) is 12.7 Å². The van der Waals surface area contributed by atoms with E-state index < -0.39 is 0 Å². The van der Waals surface area contributed by atoms with Crippen LogP contribution in [0.3, 0.4) is 0 Å². The number of carbonyl (C=O) groups is 1. The molecule has 0 aromatic carbocycles. The van der Waals surface area contributed by atoms with E-state index in [1.165, 1.54) is 12.8 Å².